The van der Waals surface area contributed by atoms with Crippen LogP contribution in [0.3, 0.4) is 0 Å². The molecule has 0 aliphatic carbocycles. The highest BCUT2D eigenvalue weighted by Gasteiger charge is 2.21. The first-order valence-electron chi connectivity index (χ1n) is 5.40. The lowest BCUT2D eigenvalue weighted by atomic mass is 10.1. The van der Waals surface area contributed by atoms with Gasteiger partial charge in [-0.3, -0.25) is 9.09 Å². The van der Waals surface area contributed by atoms with Crippen LogP contribution in [-0.2, 0) is 6.42 Å². The Morgan fingerprint density at radius 3 is 3.21 bits per heavy atom. The Hall–Kier alpha value is -1.06. The lowest BCUT2D eigenvalue weighted by Crippen LogP contribution is -2.21. The van der Waals surface area contributed by atoms with Crippen molar-refractivity contribution in [2.75, 3.05) is 0 Å². The molecule has 0 saturated heterocycles. The second-order valence-corrected chi connectivity index (χ2v) is 3.92. The minimum atomic E-state index is -0.277. The van der Waals surface area contributed by atoms with Crippen molar-refractivity contribution in [2.24, 2.45) is 0 Å². The highest BCUT2D eigenvalue weighted by atomic mass is 16.5. The topological polar surface area (TPSA) is 48.0 Å². The standard InChI is InChI=1S/C10H16N2O2/c1-2-5-8-6-3-4-7-9-11-14-10(13)12(8)9/h8H,2-7H2,1H3. The molecular weight excluding hydrogens is 180 g/mol. The van der Waals surface area contributed by atoms with Crippen molar-refractivity contribution in [1.82, 2.24) is 9.72 Å². The molecule has 78 valence electrons. The number of aromatic nitrogens is 2. The van der Waals surface area contributed by atoms with E-state index in [2.05, 4.69) is 12.1 Å². The molecule has 2 rings (SSSR count). The van der Waals surface area contributed by atoms with Crippen LogP contribution in [0.2, 0.25) is 0 Å². The molecule has 14 heavy (non-hydrogen) atoms. The normalized spacial score (nSPS) is 21.6. The van der Waals surface area contributed by atoms with Gasteiger partial charge in [-0.2, -0.15) is 0 Å². The van der Waals surface area contributed by atoms with Crippen LogP contribution in [-0.4, -0.2) is 9.72 Å². The van der Waals surface area contributed by atoms with Crippen LogP contribution in [0.1, 0.15) is 50.9 Å². The Kier molecular flexibility index (Phi) is 2.70. The van der Waals surface area contributed by atoms with Gasteiger partial charge in [-0.1, -0.05) is 24.9 Å². The summed E-state index contributed by atoms with van der Waals surface area (Å²) < 4.78 is 6.47. The van der Waals surface area contributed by atoms with Gasteiger partial charge in [-0.05, 0) is 19.3 Å². The molecule has 0 spiro atoms. The maximum atomic E-state index is 11.4. The summed E-state index contributed by atoms with van der Waals surface area (Å²) in [5.74, 6) is 0.561. The fourth-order valence-corrected chi connectivity index (χ4v) is 2.21. The van der Waals surface area contributed by atoms with Crippen molar-refractivity contribution in [3.05, 3.63) is 16.4 Å². The Labute approximate surface area is 82.9 Å². The molecule has 1 aromatic heterocycles. The quantitative estimate of drug-likeness (QED) is 0.725. The zero-order valence-corrected chi connectivity index (χ0v) is 8.53. The van der Waals surface area contributed by atoms with E-state index in [1.165, 1.54) is 6.42 Å². The van der Waals surface area contributed by atoms with Crippen LogP contribution < -0.4 is 5.76 Å². The Bertz CT molecular complexity index is 353. The summed E-state index contributed by atoms with van der Waals surface area (Å²) in [6.07, 6.45) is 6.42. The molecule has 1 aromatic rings. The van der Waals surface area contributed by atoms with Gasteiger partial charge in [-0.25, -0.2) is 4.79 Å². The van der Waals surface area contributed by atoms with E-state index in [9.17, 15) is 4.79 Å². The maximum Gasteiger partial charge on any atom is 0.441 e. The number of fused-ring (bicyclic) bond motifs is 1. The van der Waals surface area contributed by atoms with E-state index < -0.39 is 0 Å². The van der Waals surface area contributed by atoms with Gasteiger partial charge in [0.2, 0.25) is 0 Å². The maximum absolute atomic E-state index is 11.4. The lowest BCUT2D eigenvalue weighted by Gasteiger charge is -2.14. The summed E-state index contributed by atoms with van der Waals surface area (Å²) >= 11 is 0. The molecule has 4 heteroatoms. The third-order valence-electron chi connectivity index (χ3n) is 2.88. The van der Waals surface area contributed by atoms with E-state index in [-0.39, 0.29) is 5.76 Å². The average molecular weight is 196 g/mol. The number of nitrogens with zero attached hydrogens (tertiary/aromatic N) is 2. The monoisotopic (exact) mass is 196 g/mol. The van der Waals surface area contributed by atoms with Gasteiger partial charge in [0.05, 0.1) is 0 Å². The molecule has 2 heterocycles. The van der Waals surface area contributed by atoms with E-state index in [0.717, 1.165) is 37.9 Å². The van der Waals surface area contributed by atoms with E-state index in [1.54, 1.807) is 4.57 Å². The van der Waals surface area contributed by atoms with Crippen LogP contribution in [0.5, 0.6) is 0 Å². The third kappa shape index (κ3) is 1.61. The molecule has 0 bridgehead atoms. The second-order valence-electron chi connectivity index (χ2n) is 3.92. The number of hydrogen-bond acceptors (Lipinski definition) is 3. The Morgan fingerprint density at radius 2 is 2.43 bits per heavy atom. The first kappa shape index (κ1) is 9.49. The van der Waals surface area contributed by atoms with Crippen molar-refractivity contribution in [3.63, 3.8) is 0 Å². The molecule has 1 aliphatic heterocycles. The summed E-state index contributed by atoms with van der Waals surface area (Å²) in [5.41, 5.74) is 0. The van der Waals surface area contributed by atoms with Crippen molar-refractivity contribution >= 4 is 0 Å². The molecule has 1 atom stereocenters. The zero-order valence-electron chi connectivity index (χ0n) is 8.53. The van der Waals surface area contributed by atoms with Gasteiger partial charge < -0.3 is 0 Å². The second kappa shape index (κ2) is 3.98. The minimum absolute atomic E-state index is 0.277. The minimum Gasteiger partial charge on any atom is -0.296 e. The first-order valence-corrected chi connectivity index (χ1v) is 5.40. The fraction of sp³-hybridized carbons (Fsp3) is 0.800. The summed E-state index contributed by atoms with van der Waals surface area (Å²) in [4.78, 5) is 11.4. The SMILES string of the molecule is CCCC1CCCCc2noc(=O)n21. The van der Waals surface area contributed by atoms with Gasteiger partial charge in [0.1, 0.15) is 0 Å². The van der Waals surface area contributed by atoms with Gasteiger partial charge in [0.25, 0.3) is 0 Å². The molecule has 1 aliphatic rings. The average Bonchev–Trinajstić information content (AvgIpc) is 2.43. The van der Waals surface area contributed by atoms with Crippen molar-refractivity contribution < 1.29 is 4.52 Å². The lowest BCUT2D eigenvalue weighted by molar-refractivity contribution is 0.345. The Morgan fingerprint density at radius 1 is 1.57 bits per heavy atom. The van der Waals surface area contributed by atoms with Crippen molar-refractivity contribution in [2.45, 2.75) is 51.5 Å². The van der Waals surface area contributed by atoms with Crippen LogP contribution in [0.4, 0.5) is 0 Å². The van der Waals surface area contributed by atoms with E-state index in [4.69, 9.17) is 4.52 Å². The van der Waals surface area contributed by atoms with Crippen LogP contribution >= 0.6 is 0 Å². The summed E-state index contributed by atoms with van der Waals surface area (Å²) in [6.45, 7) is 2.14. The molecular formula is C10H16N2O2. The summed E-state index contributed by atoms with van der Waals surface area (Å²) in [7, 11) is 0. The predicted molar refractivity (Wildman–Crippen MR) is 52.3 cm³/mol. The molecule has 4 nitrogen and oxygen atoms in total. The number of hydrogen-bond donors (Lipinski definition) is 0. The van der Waals surface area contributed by atoms with Gasteiger partial charge >= 0.3 is 5.76 Å². The number of aryl methyl sites for hydroxylation is 1. The first-order chi connectivity index (χ1) is 6.83. The van der Waals surface area contributed by atoms with E-state index in [1.807, 2.05) is 0 Å². The van der Waals surface area contributed by atoms with Gasteiger partial charge in [0.15, 0.2) is 5.82 Å². The van der Waals surface area contributed by atoms with E-state index in [0.29, 0.717) is 6.04 Å². The summed E-state index contributed by atoms with van der Waals surface area (Å²) in [5, 5.41) is 3.82. The number of rotatable bonds is 2. The van der Waals surface area contributed by atoms with E-state index >= 15 is 0 Å². The van der Waals surface area contributed by atoms with Crippen LogP contribution in [0, 0.1) is 0 Å². The predicted octanol–water partition coefficient (Wildman–Crippen LogP) is 1.90. The molecule has 0 radical (unpaired) electrons. The molecule has 0 amide bonds. The summed E-state index contributed by atoms with van der Waals surface area (Å²) in [6, 6.07) is 0.316. The van der Waals surface area contributed by atoms with Gasteiger partial charge in [0, 0.05) is 12.5 Å². The fourth-order valence-electron chi connectivity index (χ4n) is 2.21. The smallest absolute Gasteiger partial charge is 0.296 e. The van der Waals surface area contributed by atoms with Crippen molar-refractivity contribution in [1.29, 1.82) is 0 Å². The van der Waals surface area contributed by atoms with Gasteiger partial charge in [-0.15, -0.1) is 0 Å². The largest absolute Gasteiger partial charge is 0.441 e. The van der Waals surface area contributed by atoms with Crippen molar-refractivity contribution in [3.8, 4) is 0 Å². The Balaban J connectivity index is 2.35. The zero-order chi connectivity index (χ0) is 9.97. The molecule has 1 unspecified atom stereocenters. The molecule has 0 N–H and O–H groups in total. The molecule has 0 fully saturated rings. The molecule has 0 aromatic carbocycles. The highest BCUT2D eigenvalue weighted by Crippen LogP contribution is 2.24. The third-order valence-corrected chi connectivity index (χ3v) is 2.88. The molecule has 0 saturated carbocycles. The van der Waals surface area contributed by atoms with Crippen LogP contribution in [0.25, 0.3) is 0 Å². The highest BCUT2D eigenvalue weighted by molar-refractivity contribution is 4.90. The van der Waals surface area contributed by atoms with Crippen LogP contribution in [0.15, 0.2) is 9.32 Å².